The molecule has 2 heterocycles. The molecule has 6 heteroatoms. The minimum Gasteiger partial charge on any atom is -0.378 e. The number of rotatable bonds is 7. The van der Waals surface area contributed by atoms with Crippen LogP contribution in [0.2, 0.25) is 0 Å². The van der Waals surface area contributed by atoms with Gasteiger partial charge in [-0.3, -0.25) is 4.79 Å². The van der Waals surface area contributed by atoms with Crippen molar-refractivity contribution in [1.82, 2.24) is 15.0 Å². The van der Waals surface area contributed by atoms with Crippen molar-refractivity contribution in [1.29, 1.82) is 0 Å². The third-order valence-electron chi connectivity index (χ3n) is 4.77. The first-order valence-electron chi connectivity index (χ1n) is 9.80. The van der Waals surface area contributed by atoms with Crippen molar-refractivity contribution in [3.05, 3.63) is 47.1 Å². The van der Waals surface area contributed by atoms with E-state index >= 15 is 0 Å². The average molecular weight is 371 g/mol. The van der Waals surface area contributed by atoms with Crippen molar-refractivity contribution in [2.75, 3.05) is 19.7 Å². The Bertz CT molecular complexity index is 749. The van der Waals surface area contributed by atoms with E-state index in [1.54, 1.807) is 0 Å². The van der Waals surface area contributed by atoms with Crippen LogP contribution in [0.5, 0.6) is 0 Å². The second-order valence-corrected chi connectivity index (χ2v) is 7.68. The van der Waals surface area contributed by atoms with Gasteiger partial charge < -0.3 is 14.2 Å². The largest absolute Gasteiger partial charge is 0.378 e. The molecule has 1 fully saturated rings. The Balaban J connectivity index is 1.39. The number of amides is 1. The maximum absolute atomic E-state index is 12.6. The summed E-state index contributed by atoms with van der Waals surface area (Å²) in [6.45, 7) is 8.31. The average Bonchev–Trinajstić information content (AvgIpc) is 3.08. The third kappa shape index (κ3) is 5.63. The van der Waals surface area contributed by atoms with Crippen molar-refractivity contribution >= 4 is 5.91 Å². The number of ether oxygens (including phenoxy) is 1. The standard InChI is InChI=1S/C21H29N3O3/c1-15(2)13-20-22-19(23-27-20)9-12-26-18-7-10-24(11-8-18)21(25)17-6-4-5-16(3)14-17/h4-6,14-15,18H,7-13H2,1-3H3. The van der Waals surface area contributed by atoms with Gasteiger partial charge in [0.2, 0.25) is 5.89 Å². The van der Waals surface area contributed by atoms with Crippen LogP contribution < -0.4 is 0 Å². The normalized spacial score (nSPS) is 15.5. The molecule has 27 heavy (non-hydrogen) atoms. The van der Waals surface area contributed by atoms with Crippen LogP contribution in [0.1, 0.15) is 54.3 Å². The number of likely N-dealkylation sites (tertiary alicyclic amines) is 1. The van der Waals surface area contributed by atoms with Gasteiger partial charge in [0.25, 0.3) is 5.91 Å². The lowest BCUT2D eigenvalue weighted by Crippen LogP contribution is -2.41. The zero-order valence-electron chi connectivity index (χ0n) is 16.5. The van der Waals surface area contributed by atoms with Crippen LogP contribution >= 0.6 is 0 Å². The fourth-order valence-corrected chi connectivity index (χ4v) is 3.33. The molecule has 0 radical (unpaired) electrons. The molecule has 6 nitrogen and oxygen atoms in total. The molecule has 0 spiro atoms. The van der Waals surface area contributed by atoms with E-state index in [-0.39, 0.29) is 12.0 Å². The van der Waals surface area contributed by atoms with Crippen LogP contribution in [0, 0.1) is 12.8 Å². The monoisotopic (exact) mass is 371 g/mol. The first kappa shape index (κ1) is 19.5. The van der Waals surface area contributed by atoms with E-state index in [1.165, 1.54) is 0 Å². The Morgan fingerprint density at radius 2 is 2.11 bits per heavy atom. The number of aryl methyl sites for hydroxylation is 1. The molecule has 0 atom stereocenters. The Hall–Kier alpha value is -2.21. The van der Waals surface area contributed by atoms with Crippen molar-refractivity contribution in [3.8, 4) is 0 Å². The van der Waals surface area contributed by atoms with Crippen molar-refractivity contribution in [2.24, 2.45) is 5.92 Å². The summed E-state index contributed by atoms with van der Waals surface area (Å²) < 4.78 is 11.2. The van der Waals surface area contributed by atoms with Crippen molar-refractivity contribution < 1.29 is 14.1 Å². The summed E-state index contributed by atoms with van der Waals surface area (Å²) in [5.74, 6) is 2.02. The molecule has 1 aliphatic heterocycles. The van der Waals surface area contributed by atoms with E-state index in [4.69, 9.17) is 9.26 Å². The van der Waals surface area contributed by atoms with E-state index in [1.807, 2.05) is 36.1 Å². The zero-order chi connectivity index (χ0) is 19.2. The van der Waals surface area contributed by atoms with Crippen LogP contribution in [-0.4, -0.2) is 46.7 Å². The lowest BCUT2D eigenvalue weighted by Gasteiger charge is -2.32. The van der Waals surface area contributed by atoms with E-state index in [0.29, 0.717) is 30.7 Å². The van der Waals surface area contributed by atoms with Gasteiger partial charge in [0.1, 0.15) is 0 Å². The predicted molar refractivity (Wildman–Crippen MR) is 103 cm³/mol. The molecule has 3 rings (SSSR count). The van der Waals surface area contributed by atoms with Gasteiger partial charge in [0.15, 0.2) is 5.82 Å². The van der Waals surface area contributed by atoms with E-state index in [9.17, 15) is 4.79 Å². The summed E-state index contributed by atoms with van der Waals surface area (Å²) in [6, 6.07) is 7.77. The highest BCUT2D eigenvalue weighted by atomic mass is 16.5. The zero-order valence-corrected chi connectivity index (χ0v) is 16.5. The summed E-state index contributed by atoms with van der Waals surface area (Å²) in [6.07, 6.45) is 3.38. The molecule has 146 valence electrons. The van der Waals surface area contributed by atoms with Gasteiger partial charge in [-0.2, -0.15) is 4.98 Å². The Morgan fingerprint density at radius 1 is 1.33 bits per heavy atom. The number of aromatic nitrogens is 2. The van der Waals surface area contributed by atoms with Crippen molar-refractivity contribution in [2.45, 2.75) is 52.6 Å². The summed E-state index contributed by atoms with van der Waals surface area (Å²) in [4.78, 5) is 18.9. The lowest BCUT2D eigenvalue weighted by molar-refractivity contribution is 0.00947. The maximum Gasteiger partial charge on any atom is 0.253 e. The van der Waals surface area contributed by atoms with Gasteiger partial charge in [-0.15, -0.1) is 0 Å². The van der Waals surface area contributed by atoms with Crippen LogP contribution in [-0.2, 0) is 17.6 Å². The minimum atomic E-state index is 0.113. The Morgan fingerprint density at radius 3 is 2.81 bits per heavy atom. The smallest absolute Gasteiger partial charge is 0.253 e. The highest BCUT2D eigenvalue weighted by Gasteiger charge is 2.24. The molecular weight excluding hydrogens is 342 g/mol. The molecule has 1 aromatic carbocycles. The fourth-order valence-electron chi connectivity index (χ4n) is 3.33. The van der Waals surface area contributed by atoms with Gasteiger partial charge >= 0.3 is 0 Å². The van der Waals surface area contributed by atoms with E-state index in [2.05, 4.69) is 24.0 Å². The topological polar surface area (TPSA) is 68.5 Å². The van der Waals surface area contributed by atoms with Gasteiger partial charge in [0, 0.05) is 31.5 Å². The molecule has 1 amide bonds. The van der Waals surface area contributed by atoms with E-state index < -0.39 is 0 Å². The van der Waals surface area contributed by atoms with E-state index in [0.717, 1.165) is 43.5 Å². The van der Waals surface area contributed by atoms with Gasteiger partial charge in [0.05, 0.1) is 12.7 Å². The predicted octanol–water partition coefficient (Wildman–Crippen LogP) is 3.44. The number of piperidine rings is 1. The fraction of sp³-hybridized carbons (Fsp3) is 0.571. The number of hydrogen-bond donors (Lipinski definition) is 0. The first-order valence-corrected chi connectivity index (χ1v) is 9.80. The lowest BCUT2D eigenvalue weighted by atomic mass is 10.1. The Kier molecular flexibility index (Phi) is 6.61. The van der Waals surface area contributed by atoms with Crippen LogP contribution in [0.4, 0.5) is 0 Å². The summed E-state index contributed by atoms with van der Waals surface area (Å²) in [7, 11) is 0. The molecule has 0 aliphatic carbocycles. The summed E-state index contributed by atoms with van der Waals surface area (Å²) in [5.41, 5.74) is 1.88. The SMILES string of the molecule is Cc1cccc(C(=O)N2CCC(OCCc3noc(CC(C)C)n3)CC2)c1. The van der Waals surface area contributed by atoms with Crippen LogP contribution in [0.3, 0.4) is 0 Å². The molecule has 0 saturated carbocycles. The molecule has 1 saturated heterocycles. The summed E-state index contributed by atoms with van der Waals surface area (Å²) in [5, 5.41) is 4.01. The third-order valence-corrected chi connectivity index (χ3v) is 4.77. The second kappa shape index (κ2) is 9.13. The maximum atomic E-state index is 12.6. The first-order chi connectivity index (χ1) is 13.0. The molecule has 0 bridgehead atoms. The molecule has 0 N–H and O–H groups in total. The van der Waals surface area contributed by atoms with Gasteiger partial charge in [-0.05, 0) is 37.8 Å². The number of carbonyl (C=O) groups excluding carboxylic acids is 1. The van der Waals surface area contributed by atoms with Gasteiger partial charge in [-0.25, -0.2) is 0 Å². The molecule has 2 aromatic rings. The highest BCUT2D eigenvalue weighted by Crippen LogP contribution is 2.17. The quantitative estimate of drug-likeness (QED) is 0.746. The highest BCUT2D eigenvalue weighted by molar-refractivity contribution is 5.94. The molecule has 1 aliphatic rings. The summed E-state index contributed by atoms with van der Waals surface area (Å²) >= 11 is 0. The molecular formula is C21H29N3O3. The minimum absolute atomic E-state index is 0.113. The Labute approximate surface area is 160 Å². The number of nitrogens with zero attached hydrogens (tertiary/aromatic N) is 3. The van der Waals surface area contributed by atoms with Crippen molar-refractivity contribution in [3.63, 3.8) is 0 Å². The number of carbonyl (C=O) groups is 1. The van der Waals surface area contributed by atoms with Crippen LogP contribution in [0.15, 0.2) is 28.8 Å². The molecule has 1 aromatic heterocycles. The van der Waals surface area contributed by atoms with Crippen LogP contribution in [0.25, 0.3) is 0 Å². The molecule has 0 unspecified atom stereocenters. The van der Waals surface area contributed by atoms with Gasteiger partial charge in [-0.1, -0.05) is 36.7 Å². The number of hydrogen-bond acceptors (Lipinski definition) is 5. The second-order valence-electron chi connectivity index (χ2n) is 7.68. The number of benzene rings is 1.